The molecular formula is C8H16N2O. The SMILES string of the molecule is COC(=NC=C(C)C)N(C)C. The van der Waals surface area contributed by atoms with E-state index >= 15 is 0 Å². The van der Waals surface area contributed by atoms with E-state index in [0.29, 0.717) is 6.02 Å². The van der Waals surface area contributed by atoms with E-state index in [-0.39, 0.29) is 0 Å². The van der Waals surface area contributed by atoms with Gasteiger partial charge in [0.05, 0.1) is 7.11 Å². The molecule has 0 atom stereocenters. The van der Waals surface area contributed by atoms with Crippen LogP contribution in [0.5, 0.6) is 0 Å². The summed E-state index contributed by atoms with van der Waals surface area (Å²) in [5.41, 5.74) is 1.15. The number of ether oxygens (including phenoxy) is 1. The fraction of sp³-hybridized carbons (Fsp3) is 0.625. The third-order valence-electron chi connectivity index (χ3n) is 0.998. The Morgan fingerprint density at radius 3 is 2.18 bits per heavy atom. The minimum atomic E-state index is 0.617. The molecule has 0 saturated carbocycles. The van der Waals surface area contributed by atoms with E-state index in [1.54, 1.807) is 13.3 Å². The predicted octanol–water partition coefficient (Wildman–Crippen LogP) is 1.47. The number of methoxy groups -OCH3 is 1. The summed E-state index contributed by atoms with van der Waals surface area (Å²) in [6, 6.07) is 0.617. The quantitative estimate of drug-likeness (QED) is 0.424. The van der Waals surface area contributed by atoms with Crippen molar-refractivity contribution in [1.29, 1.82) is 0 Å². The van der Waals surface area contributed by atoms with Crippen LogP contribution in [0, 0.1) is 0 Å². The molecule has 0 N–H and O–H groups in total. The molecule has 3 nitrogen and oxygen atoms in total. The molecular weight excluding hydrogens is 140 g/mol. The highest BCUT2D eigenvalue weighted by Crippen LogP contribution is 1.92. The Hall–Kier alpha value is -0.990. The Morgan fingerprint density at radius 2 is 1.91 bits per heavy atom. The lowest BCUT2D eigenvalue weighted by Crippen LogP contribution is -2.23. The summed E-state index contributed by atoms with van der Waals surface area (Å²) in [6.07, 6.45) is 1.78. The summed E-state index contributed by atoms with van der Waals surface area (Å²) in [6.45, 7) is 3.98. The maximum Gasteiger partial charge on any atom is 0.291 e. The predicted molar refractivity (Wildman–Crippen MR) is 47.6 cm³/mol. The van der Waals surface area contributed by atoms with Crippen molar-refractivity contribution in [3.63, 3.8) is 0 Å². The van der Waals surface area contributed by atoms with Gasteiger partial charge in [-0.25, -0.2) is 4.99 Å². The van der Waals surface area contributed by atoms with E-state index in [4.69, 9.17) is 4.74 Å². The van der Waals surface area contributed by atoms with Crippen LogP contribution in [0.1, 0.15) is 13.8 Å². The van der Waals surface area contributed by atoms with Crippen molar-refractivity contribution >= 4 is 6.02 Å². The van der Waals surface area contributed by atoms with Crippen LogP contribution in [0.15, 0.2) is 16.8 Å². The van der Waals surface area contributed by atoms with Crippen LogP contribution < -0.4 is 0 Å². The first-order valence-corrected chi connectivity index (χ1v) is 3.50. The van der Waals surface area contributed by atoms with Crippen molar-refractivity contribution in [2.45, 2.75) is 13.8 Å². The fourth-order valence-corrected chi connectivity index (χ4v) is 0.535. The zero-order valence-electron chi connectivity index (χ0n) is 7.88. The lowest BCUT2D eigenvalue weighted by Gasteiger charge is -2.11. The van der Waals surface area contributed by atoms with Crippen molar-refractivity contribution < 1.29 is 4.74 Å². The molecule has 0 fully saturated rings. The summed E-state index contributed by atoms with van der Waals surface area (Å²) in [7, 11) is 5.39. The zero-order valence-corrected chi connectivity index (χ0v) is 7.88. The second-order valence-electron chi connectivity index (χ2n) is 2.72. The normalized spacial score (nSPS) is 10.8. The Labute approximate surface area is 68.4 Å². The summed E-state index contributed by atoms with van der Waals surface area (Å²) in [4.78, 5) is 5.92. The van der Waals surface area contributed by atoms with Gasteiger partial charge in [0.25, 0.3) is 6.02 Å². The molecule has 0 aliphatic heterocycles. The van der Waals surface area contributed by atoms with Gasteiger partial charge < -0.3 is 9.64 Å². The van der Waals surface area contributed by atoms with Crippen molar-refractivity contribution in [2.24, 2.45) is 4.99 Å². The standard InChI is InChI=1S/C8H16N2O/c1-7(2)6-9-8(11-5)10(3)4/h6H,1-5H3. The van der Waals surface area contributed by atoms with Gasteiger partial charge in [-0.05, 0) is 13.8 Å². The monoisotopic (exact) mass is 156 g/mol. The molecule has 0 spiro atoms. The van der Waals surface area contributed by atoms with E-state index in [2.05, 4.69) is 4.99 Å². The molecule has 0 unspecified atom stereocenters. The number of hydrogen-bond donors (Lipinski definition) is 0. The van der Waals surface area contributed by atoms with Gasteiger partial charge in [-0.15, -0.1) is 0 Å². The second kappa shape index (κ2) is 4.77. The molecule has 3 heteroatoms. The zero-order chi connectivity index (χ0) is 8.85. The van der Waals surface area contributed by atoms with Gasteiger partial charge in [-0.1, -0.05) is 5.57 Å². The van der Waals surface area contributed by atoms with Crippen LogP contribution in [0.4, 0.5) is 0 Å². The molecule has 0 rings (SSSR count). The number of aliphatic imine (C=N–C) groups is 1. The largest absolute Gasteiger partial charge is 0.468 e. The fourth-order valence-electron chi connectivity index (χ4n) is 0.535. The first-order valence-electron chi connectivity index (χ1n) is 3.50. The highest BCUT2D eigenvalue weighted by molar-refractivity contribution is 5.73. The molecule has 0 heterocycles. The third-order valence-corrected chi connectivity index (χ3v) is 0.998. The number of rotatable bonds is 1. The molecule has 64 valence electrons. The van der Waals surface area contributed by atoms with Gasteiger partial charge in [0.1, 0.15) is 0 Å². The smallest absolute Gasteiger partial charge is 0.291 e. The van der Waals surface area contributed by atoms with E-state index in [0.717, 1.165) is 5.57 Å². The topological polar surface area (TPSA) is 24.8 Å². The van der Waals surface area contributed by atoms with Crippen LogP contribution in [0.3, 0.4) is 0 Å². The minimum Gasteiger partial charge on any atom is -0.468 e. The molecule has 0 saturated heterocycles. The van der Waals surface area contributed by atoms with Gasteiger partial charge in [0, 0.05) is 20.3 Å². The summed E-state index contributed by atoms with van der Waals surface area (Å²) in [5, 5.41) is 0. The second-order valence-corrected chi connectivity index (χ2v) is 2.72. The number of amidine groups is 1. The molecule has 0 aliphatic carbocycles. The molecule has 0 aromatic heterocycles. The van der Waals surface area contributed by atoms with Crippen LogP contribution >= 0.6 is 0 Å². The summed E-state index contributed by atoms with van der Waals surface area (Å²) >= 11 is 0. The molecule has 0 aromatic rings. The minimum absolute atomic E-state index is 0.617. The summed E-state index contributed by atoms with van der Waals surface area (Å²) < 4.78 is 4.99. The Bertz CT molecular complexity index is 167. The van der Waals surface area contributed by atoms with Crippen molar-refractivity contribution in [3.05, 3.63) is 11.8 Å². The molecule has 0 radical (unpaired) electrons. The highest BCUT2D eigenvalue weighted by atomic mass is 16.5. The van der Waals surface area contributed by atoms with Crippen molar-refractivity contribution in [3.8, 4) is 0 Å². The Morgan fingerprint density at radius 1 is 1.36 bits per heavy atom. The molecule has 0 aliphatic rings. The Kier molecular flexibility index (Phi) is 4.34. The number of allylic oxidation sites excluding steroid dienone is 1. The van der Waals surface area contributed by atoms with E-state index in [9.17, 15) is 0 Å². The lowest BCUT2D eigenvalue weighted by atomic mass is 10.4. The molecule has 0 aromatic carbocycles. The van der Waals surface area contributed by atoms with Crippen LogP contribution in [0.2, 0.25) is 0 Å². The van der Waals surface area contributed by atoms with Gasteiger partial charge in [-0.3, -0.25) is 0 Å². The Balaban J connectivity index is 4.24. The maximum absolute atomic E-state index is 4.99. The number of nitrogens with zero attached hydrogens (tertiary/aromatic N) is 2. The van der Waals surface area contributed by atoms with Crippen LogP contribution in [0.25, 0.3) is 0 Å². The first-order chi connectivity index (χ1) is 5.07. The average Bonchev–Trinajstić information content (AvgIpc) is 1.87. The molecule has 0 bridgehead atoms. The summed E-state index contributed by atoms with van der Waals surface area (Å²) in [5.74, 6) is 0. The highest BCUT2D eigenvalue weighted by Gasteiger charge is 1.96. The third kappa shape index (κ3) is 4.42. The van der Waals surface area contributed by atoms with E-state index in [1.807, 2.05) is 32.8 Å². The van der Waals surface area contributed by atoms with Gasteiger partial charge in [0.2, 0.25) is 0 Å². The molecule has 11 heavy (non-hydrogen) atoms. The van der Waals surface area contributed by atoms with Crippen LogP contribution in [-0.2, 0) is 4.74 Å². The van der Waals surface area contributed by atoms with Gasteiger partial charge >= 0.3 is 0 Å². The maximum atomic E-state index is 4.99. The van der Waals surface area contributed by atoms with Crippen molar-refractivity contribution in [1.82, 2.24) is 4.90 Å². The first kappa shape index (κ1) is 10.0. The van der Waals surface area contributed by atoms with Crippen molar-refractivity contribution in [2.75, 3.05) is 21.2 Å². The van der Waals surface area contributed by atoms with Crippen LogP contribution in [-0.4, -0.2) is 32.1 Å². The molecule has 0 amide bonds. The van der Waals surface area contributed by atoms with Gasteiger partial charge in [0.15, 0.2) is 0 Å². The average molecular weight is 156 g/mol. The number of hydrogen-bond acceptors (Lipinski definition) is 2. The van der Waals surface area contributed by atoms with Gasteiger partial charge in [-0.2, -0.15) is 0 Å². The van der Waals surface area contributed by atoms with E-state index < -0.39 is 0 Å². The van der Waals surface area contributed by atoms with E-state index in [1.165, 1.54) is 0 Å². The lowest BCUT2D eigenvalue weighted by molar-refractivity contribution is 0.331.